The van der Waals surface area contributed by atoms with Gasteiger partial charge in [-0.25, -0.2) is 0 Å². The molecule has 2 nitrogen and oxygen atoms in total. The normalized spacial score (nSPS) is 24.6. The van der Waals surface area contributed by atoms with Crippen molar-refractivity contribution in [2.75, 3.05) is 5.32 Å². The highest BCUT2D eigenvalue weighted by molar-refractivity contribution is 5.53. The highest BCUT2D eigenvalue weighted by atomic mass is 16.3. The van der Waals surface area contributed by atoms with Gasteiger partial charge in [0, 0.05) is 11.7 Å². The van der Waals surface area contributed by atoms with Crippen LogP contribution in [0.1, 0.15) is 44.6 Å². The Kier molecular flexibility index (Phi) is 3.93. The van der Waals surface area contributed by atoms with Crippen molar-refractivity contribution >= 4 is 5.69 Å². The fraction of sp³-hybridized carbons (Fsp3) is 0.600. The van der Waals surface area contributed by atoms with Crippen molar-refractivity contribution in [2.24, 2.45) is 5.92 Å². The van der Waals surface area contributed by atoms with E-state index < -0.39 is 0 Å². The highest BCUT2D eigenvalue weighted by Gasteiger charge is 2.20. The molecule has 0 aromatic heterocycles. The fourth-order valence-electron chi connectivity index (χ4n) is 2.82. The lowest BCUT2D eigenvalue weighted by molar-refractivity contribution is 0.327. The van der Waals surface area contributed by atoms with Gasteiger partial charge in [-0.15, -0.1) is 0 Å². The van der Waals surface area contributed by atoms with E-state index in [2.05, 4.69) is 12.2 Å². The zero-order valence-corrected chi connectivity index (χ0v) is 10.9. The van der Waals surface area contributed by atoms with Crippen molar-refractivity contribution in [2.45, 2.75) is 52.0 Å². The van der Waals surface area contributed by atoms with Crippen molar-refractivity contribution < 1.29 is 5.11 Å². The molecule has 0 aliphatic heterocycles. The molecule has 0 radical (unpaired) electrons. The number of nitrogens with one attached hydrogen (secondary N) is 1. The number of rotatable bonds is 3. The molecule has 2 unspecified atom stereocenters. The summed E-state index contributed by atoms with van der Waals surface area (Å²) in [5, 5.41) is 13.0. The predicted molar refractivity (Wildman–Crippen MR) is 72.5 cm³/mol. The van der Waals surface area contributed by atoms with Gasteiger partial charge >= 0.3 is 0 Å². The van der Waals surface area contributed by atoms with E-state index in [-0.39, 0.29) is 0 Å². The van der Waals surface area contributed by atoms with Crippen LogP contribution in [0, 0.1) is 12.8 Å². The molecule has 2 N–H and O–H groups in total. The minimum absolute atomic E-state index is 0.350. The van der Waals surface area contributed by atoms with Crippen LogP contribution in [-0.4, -0.2) is 11.1 Å². The minimum Gasteiger partial charge on any atom is -0.508 e. The van der Waals surface area contributed by atoms with E-state index >= 15 is 0 Å². The maximum Gasteiger partial charge on any atom is 0.115 e. The first kappa shape index (κ1) is 12.3. The van der Waals surface area contributed by atoms with Crippen molar-refractivity contribution in [1.29, 1.82) is 0 Å². The molecule has 17 heavy (non-hydrogen) atoms. The fourth-order valence-corrected chi connectivity index (χ4v) is 2.82. The largest absolute Gasteiger partial charge is 0.508 e. The van der Waals surface area contributed by atoms with E-state index in [1.807, 2.05) is 19.1 Å². The monoisotopic (exact) mass is 233 g/mol. The number of anilines is 1. The molecule has 0 amide bonds. The number of aromatic hydroxyl groups is 1. The number of aryl methyl sites for hydroxylation is 1. The quantitative estimate of drug-likeness (QED) is 0.771. The summed E-state index contributed by atoms with van der Waals surface area (Å²) in [5.41, 5.74) is 2.30. The Bertz CT molecular complexity index is 375. The van der Waals surface area contributed by atoms with Gasteiger partial charge in [-0.1, -0.05) is 26.2 Å². The summed E-state index contributed by atoms with van der Waals surface area (Å²) < 4.78 is 0. The zero-order valence-electron chi connectivity index (χ0n) is 10.9. The van der Waals surface area contributed by atoms with Gasteiger partial charge in [-0.05, 0) is 49.4 Å². The third-order valence-electron chi connectivity index (χ3n) is 3.93. The molecule has 2 atom stereocenters. The van der Waals surface area contributed by atoms with Gasteiger partial charge in [-0.2, -0.15) is 0 Å². The number of phenolic OH excluding ortho intramolecular Hbond substituents is 1. The van der Waals surface area contributed by atoms with Crippen molar-refractivity contribution in [3.8, 4) is 5.75 Å². The molecule has 94 valence electrons. The Hall–Kier alpha value is -1.18. The Balaban J connectivity index is 2.00. The molecule has 2 rings (SSSR count). The van der Waals surface area contributed by atoms with Gasteiger partial charge in [-0.3, -0.25) is 0 Å². The van der Waals surface area contributed by atoms with E-state index in [1.54, 1.807) is 6.07 Å². The minimum atomic E-state index is 0.350. The van der Waals surface area contributed by atoms with E-state index in [0.29, 0.717) is 11.8 Å². The van der Waals surface area contributed by atoms with E-state index in [9.17, 15) is 5.11 Å². The molecule has 1 aliphatic carbocycles. The second-order valence-electron chi connectivity index (χ2n) is 5.28. The first-order valence-electron chi connectivity index (χ1n) is 6.75. The summed E-state index contributed by atoms with van der Waals surface area (Å²) in [7, 11) is 0. The summed E-state index contributed by atoms with van der Waals surface area (Å²) in [4.78, 5) is 0. The molecule has 2 heteroatoms. The van der Waals surface area contributed by atoms with Gasteiger partial charge in [0.1, 0.15) is 5.75 Å². The first-order valence-corrected chi connectivity index (χ1v) is 6.75. The third kappa shape index (κ3) is 3.15. The molecular formula is C15H23NO. The van der Waals surface area contributed by atoms with E-state index in [4.69, 9.17) is 0 Å². The molecule has 0 heterocycles. The van der Waals surface area contributed by atoms with Gasteiger partial charge in [0.2, 0.25) is 0 Å². The Morgan fingerprint density at radius 2 is 2.18 bits per heavy atom. The lowest BCUT2D eigenvalue weighted by Gasteiger charge is -2.30. The number of hydrogen-bond donors (Lipinski definition) is 2. The Morgan fingerprint density at radius 1 is 1.35 bits per heavy atom. The number of benzene rings is 1. The lowest BCUT2D eigenvalue weighted by atomic mass is 9.84. The van der Waals surface area contributed by atoms with Crippen LogP contribution >= 0.6 is 0 Å². The van der Waals surface area contributed by atoms with Crippen LogP contribution in [0.5, 0.6) is 5.75 Å². The topological polar surface area (TPSA) is 32.3 Å². The zero-order chi connectivity index (χ0) is 12.3. The summed E-state index contributed by atoms with van der Waals surface area (Å²) in [6.07, 6.45) is 6.59. The van der Waals surface area contributed by atoms with Crippen LogP contribution in [0.4, 0.5) is 5.69 Å². The average Bonchev–Trinajstić information content (AvgIpc) is 2.33. The number of hydrogen-bond acceptors (Lipinski definition) is 2. The SMILES string of the molecule is CCC1CCCC(Nc2ccc(O)cc2C)C1. The van der Waals surface area contributed by atoms with Crippen LogP contribution in [0.25, 0.3) is 0 Å². The standard InChI is InChI=1S/C15H23NO/c1-3-12-5-4-6-13(10-12)16-15-8-7-14(17)9-11(15)2/h7-9,12-13,16-17H,3-6,10H2,1-2H3. The molecule has 0 spiro atoms. The number of phenols is 1. The summed E-state index contributed by atoms with van der Waals surface area (Å²) in [5.74, 6) is 1.24. The van der Waals surface area contributed by atoms with Crippen molar-refractivity contribution in [1.82, 2.24) is 0 Å². The maximum absolute atomic E-state index is 9.40. The smallest absolute Gasteiger partial charge is 0.115 e. The van der Waals surface area contributed by atoms with Crippen LogP contribution < -0.4 is 5.32 Å². The molecule has 1 fully saturated rings. The molecule has 1 aliphatic rings. The molecule has 1 saturated carbocycles. The third-order valence-corrected chi connectivity index (χ3v) is 3.93. The summed E-state index contributed by atoms with van der Waals surface area (Å²) in [6.45, 7) is 4.33. The van der Waals surface area contributed by atoms with Crippen molar-refractivity contribution in [3.63, 3.8) is 0 Å². The molecular weight excluding hydrogens is 210 g/mol. The lowest BCUT2D eigenvalue weighted by Crippen LogP contribution is -2.27. The van der Waals surface area contributed by atoms with Crippen LogP contribution in [0.3, 0.4) is 0 Å². The van der Waals surface area contributed by atoms with Gasteiger partial charge in [0.25, 0.3) is 0 Å². The molecule has 0 saturated heterocycles. The summed E-state index contributed by atoms with van der Waals surface area (Å²) >= 11 is 0. The predicted octanol–water partition coefficient (Wildman–Crippen LogP) is 4.08. The van der Waals surface area contributed by atoms with Crippen molar-refractivity contribution in [3.05, 3.63) is 23.8 Å². The van der Waals surface area contributed by atoms with Gasteiger partial charge in [0.15, 0.2) is 0 Å². The van der Waals surface area contributed by atoms with E-state index in [1.165, 1.54) is 37.8 Å². The van der Waals surface area contributed by atoms with Gasteiger partial charge < -0.3 is 10.4 Å². The molecule has 0 bridgehead atoms. The maximum atomic E-state index is 9.40. The summed E-state index contributed by atoms with van der Waals surface area (Å²) in [6, 6.07) is 6.18. The van der Waals surface area contributed by atoms with Crippen LogP contribution in [-0.2, 0) is 0 Å². The second kappa shape index (κ2) is 5.44. The Morgan fingerprint density at radius 3 is 2.88 bits per heavy atom. The van der Waals surface area contributed by atoms with Crippen LogP contribution in [0.15, 0.2) is 18.2 Å². The Labute approximate surface area is 104 Å². The first-order chi connectivity index (χ1) is 8.19. The molecule has 1 aromatic carbocycles. The highest BCUT2D eigenvalue weighted by Crippen LogP contribution is 2.30. The second-order valence-corrected chi connectivity index (χ2v) is 5.28. The van der Waals surface area contributed by atoms with E-state index in [0.717, 1.165) is 11.5 Å². The van der Waals surface area contributed by atoms with Gasteiger partial charge in [0.05, 0.1) is 0 Å². The molecule has 1 aromatic rings. The average molecular weight is 233 g/mol. The van der Waals surface area contributed by atoms with Crippen LogP contribution in [0.2, 0.25) is 0 Å².